The number of nitrogens with one attached hydrogen (secondary N) is 1. The minimum absolute atomic E-state index is 0.0561. The molecule has 0 unspecified atom stereocenters. The molecule has 0 spiro atoms. The van der Waals surface area contributed by atoms with Gasteiger partial charge >= 0.3 is 6.61 Å². The van der Waals surface area contributed by atoms with Crippen LogP contribution in [0, 0.1) is 5.92 Å². The fourth-order valence-corrected chi connectivity index (χ4v) is 5.05. The largest absolute Gasteiger partial charge is 0.435 e. The highest BCUT2D eigenvalue weighted by molar-refractivity contribution is 7.90. The summed E-state index contributed by atoms with van der Waals surface area (Å²) in [5.74, 6) is -0.0102. The fourth-order valence-electron chi connectivity index (χ4n) is 3.82. The Labute approximate surface area is 178 Å². The molecule has 0 aromatic heterocycles. The summed E-state index contributed by atoms with van der Waals surface area (Å²) in [6.07, 6.45) is 1.42. The maximum absolute atomic E-state index is 12.7. The maximum atomic E-state index is 12.7. The van der Waals surface area contributed by atoms with Crippen molar-refractivity contribution in [2.75, 3.05) is 13.1 Å². The minimum Gasteiger partial charge on any atom is -0.435 e. The van der Waals surface area contributed by atoms with E-state index in [1.807, 2.05) is 4.90 Å². The van der Waals surface area contributed by atoms with Crippen LogP contribution in [0.1, 0.15) is 24.0 Å². The Kier molecular flexibility index (Phi) is 5.90. The van der Waals surface area contributed by atoms with Crippen LogP contribution >= 0.6 is 0 Å². The Bertz CT molecular complexity index is 1100. The number of ether oxygens (including phenoxy) is 1. The van der Waals surface area contributed by atoms with Crippen molar-refractivity contribution in [3.05, 3.63) is 59.7 Å². The molecular weight excluding hydrogens is 428 g/mol. The van der Waals surface area contributed by atoms with Gasteiger partial charge in [-0.2, -0.15) is 17.2 Å². The van der Waals surface area contributed by atoms with Gasteiger partial charge < -0.3 is 15.0 Å². The van der Waals surface area contributed by atoms with Gasteiger partial charge in [0.15, 0.2) is 5.84 Å². The van der Waals surface area contributed by atoms with Crippen molar-refractivity contribution in [2.24, 2.45) is 10.3 Å². The predicted octanol–water partition coefficient (Wildman–Crippen LogP) is 2.77. The molecular formula is C21H21F2N3O4S. The van der Waals surface area contributed by atoms with Gasteiger partial charge in [0, 0.05) is 25.2 Å². The normalized spacial score (nSPS) is 19.6. The summed E-state index contributed by atoms with van der Waals surface area (Å²) in [6, 6.07) is 12.8. The Hall–Kier alpha value is -3.01. The monoisotopic (exact) mass is 449 g/mol. The summed E-state index contributed by atoms with van der Waals surface area (Å²) in [5, 5.41) is 2.86. The van der Waals surface area contributed by atoms with Crippen LogP contribution in [0.25, 0.3) is 0 Å². The van der Waals surface area contributed by atoms with Crippen LogP contribution in [0.4, 0.5) is 8.78 Å². The summed E-state index contributed by atoms with van der Waals surface area (Å²) in [5.41, 5.74) is 1.32. The first kappa shape index (κ1) is 21.2. The zero-order valence-corrected chi connectivity index (χ0v) is 17.3. The molecule has 1 fully saturated rings. The third kappa shape index (κ3) is 4.68. The van der Waals surface area contributed by atoms with E-state index in [0.717, 1.165) is 12.0 Å². The van der Waals surface area contributed by atoms with Gasteiger partial charge in [0.05, 0.1) is 5.92 Å². The number of rotatable bonds is 5. The predicted molar refractivity (Wildman–Crippen MR) is 109 cm³/mol. The summed E-state index contributed by atoms with van der Waals surface area (Å²) in [7, 11) is -3.71. The number of nitrogens with zero attached hydrogens (tertiary/aromatic N) is 2. The van der Waals surface area contributed by atoms with Gasteiger partial charge in [0.2, 0.25) is 5.91 Å². The van der Waals surface area contributed by atoms with E-state index in [0.29, 0.717) is 30.9 Å². The second-order valence-electron chi connectivity index (χ2n) is 7.41. The van der Waals surface area contributed by atoms with E-state index in [2.05, 4.69) is 14.5 Å². The SMILES string of the molecule is O=C(NCc1ccc(OC(F)F)cc1)[C@H]1CCCN(C2=NS(=O)(=O)c3ccccc32)C1. The number of likely N-dealkylation sites (tertiary alicyclic amines) is 1. The summed E-state index contributed by atoms with van der Waals surface area (Å²) >= 11 is 0. The highest BCUT2D eigenvalue weighted by atomic mass is 32.2. The van der Waals surface area contributed by atoms with E-state index in [1.54, 1.807) is 30.3 Å². The Morgan fingerprint density at radius 2 is 1.94 bits per heavy atom. The summed E-state index contributed by atoms with van der Waals surface area (Å²) in [6.45, 7) is -1.64. The maximum Gasteiger partial charge on any atom is 0.387 e. The molecule has 0 saturated carbocycles. The molecule has 2 aliphatic rings. The molecule has 2 aromatic carbocycles. The molecule has 0 radical (unpaired) electrons. The third-order valence-electron chi connectivity index (χ3n) is 5.32. The Balaban J connectivity index is 1.38. The molecule has 0 aliphatic carbocycles. The number of carbonyl (C=O) groups excluding carboxylic acids is 1. The van der Waals surface area contributed by atoms with Crippen LogP contribution in [0.3, 0.4) is 0 Å². The Morgan fingerprint density at radius 3 is 2.68 bits per heavy atom. The van der Waals surface area contributed by atoms with E-state index in [-0.39, 0.29) is 29.0 Å². The van der Waals surface area contributed by atoms with Gasteiger partial charge in [-0.15, -0.1) is 4.40 Å². The number of alkyl halides is 2. The van der Waals surface area contributed by atoms with Crippen LogP contribution in [0.15, 0.2) is 57.8 Å². The fraction of sp³-hybridized carbons (Fsp3) is 0.333. The molecule has 31 heavy (non-hydrogen) atoms. The molecule has 1 saturated heterocycles. The first-order valence-corrected chi connectivity index (χ1v) is 11.3. The van der Waals surface area contributed by atoms with Crippen molar-refractivity contribution in [1.82, 2.24) is 10.2 Å². The van der Waals surface area contributed by atoms with Crippen molar-refractivity contribution in [3.8, 4) is 5.75 Å². The number of carbonyl (C=O) groups is 1. The molecule has 10 heteroatoms. The average Bonchev–Trinajstić information content (AvgIpc) is 3.04. The van der Waals surface area contributed by atoms with E-state index < -0.39 is 16.6 Å². The van der Waals surface area contributed by atoms with Crippen molar-refractivity contribution < 1.29 is 26.7 Å². The number of hydrogen-bond acceptors (Lipinski definition) is 5. The molecule has 4 rings (SSSR count). The van der Waals surface area contributed by atoms with Gasteiger partial charge in [0.25, 0.3) is 10.0 Å². The van der Waals surface area contributed by atoms with Gasteiger partial charge in [-0.25, -0.2) is 0 Å². The van der Waals surface area contributed by atoms with Crippen LogP contribution < -0.4 is 10.1 Å². The van der Waals surface area contributed by atoms with E-state index >= 15 is 0 Å². The number of fused-ring (bicyclic) bond motifs is 1. The van der Waals surface area contributed by atoms with Gasteiger partial charge in [-0.1, -0.05) is 24.3 Å². The number of hydrogen-bond donors (Lipinski definition) is 1. The smallest absolute Gasteiger partial charge is 0.387 e. The zero-order chi connectivity index (χ0) is 22.0. The van der Waals surface area contributed by atoms with Gasteiger partial charge in [0.1, 0.15) is 10.6 Å². The van der Waals surface area contributed by atoms with Crippen LogP contribution in [0.2, 0.25) is 0 Å². The number of sulfonamides is 1. The second kappa shape index (κ2) is 8.62. The van der Waals surface area contributed by atoms with Crippen molar-refractivity contribution in [3.63, 3.8) is 0 Å². The highest BCUT2D eigenvalue weighted by Crippen LogP contribution is 2.29. The minimum atomic E-state index is -3.71. The van der Waals surface area contributed by atoms with Crippen LogP contribution in [-0.4, -0.2) is 44.8 Å². The number of halogens is 2. The molecule has 0 bridgehead atoms. The second-order valence-corrected chi connectivity index (χ2v) is 8.98. The number of amidine groups is 1. The molecule has 2 aliphatic heterocycles. The van der Waals surface area contributed by atoms with E-state index in [9.17, 15) is 22.0 Å². The molecule has 164 valence electrons. The number of amides is 1. The molecule has 1 amide bonds. The zero-order valence-electron chi connectivity index (χ0n) is 16.5. The van der Waals surface area contributed by atoms with Crippen molar-refractivity contribution in [2.45, 2.75) is 30.9 Å². The molecule has 1 N–H and O–H groups in total. The average molecular weight is 449 g/mol. The lowest BCUT2D eigenvalue weighted by atomic mass is 9.96. The van der Waals surface area contributed by atoms with Gasteiger partial charge in [-0.05, 0) is 42.7 Å². The highest BCUT2D eigenvalue weighted by Gasteiger charge is 2.35. The number of piperidine rings is 1. The van der Waals surface area contributed by atoms with Gasteiger partial charge in [-0.3, -0.25) is 4.79 Å². The topological polar surface area (TPSA) is 88.1 Å². The Morgan fingerprint density at radius 1 is 1.19 bits per heavy atom. The molecule has 2 aromatic rings. The lowest BCUT2D eigenvalue weighted by molar-refractivity contribution is -0.126. The van der Waals surface area contributed by atoms with Crippen LogP contribution in [0.5, 0.6) is 5.75 Å². The van der Waals surface area contributed by atoms with Crippen molar-refractivity contribution in [1.29, 1.82) is 0 Å². The first-order chi connectivity index (χ1) is 14.8. The first-order valence-electron chi connectivity index (χ1n) is 9.84. The molecule has 7 nitrogen and oxygen atoms in total. The number of benzene rings is 2. The quantitative estimate of drug-likeness (QED) is 0.759. The van der Waals surface area contributed by atoms with Crippen LogP contribution in [-0.2, 0) is 21.4 Å². The lowest BCUT2D eigenvalue weighted by Crippen LogP contribution is -2.45. The molecule has 1 atom stereocenters. The summed E-state index contributed by atoms with van der Waals surface area (Å²) < 4.78 is 57.3. The third-order valence-corrected chi connectivity index (χ3v) is 6.64. The van der Waals surface area contributed by atoms with E-state index in [1.165, 1.54) is 18.2 Å². The standard InChI is InChI=1S/C21H21F2N3O4S/c22-21(23)30-16-9-7-14(8-10-16)12-24-20(27)15-4-3-11-26(13-15)19-17-5-1-2-6-18(17)31(28,29)25-19/h1-2,5-10,15,21H,3-4,11-13H2,(H,24,27)/t15-/m0/s1. The molecule has 2 heterocycles. The van der Waals surface area contributed by atoms with E-state index in [4.69, 9.17) is 0 Å². The lowest BCUT2D eigenvalue weighted by Gasteiger charge is -2.33. The summed E-state index contributed by atoms with van der Waals surface area (Å²) in [4.78, 5) is 14.7. The van der Waals surface area contributed by atoms with Crippen molar-refractivity contribution >= 4 is 21.8 Å².